The summed E-state index contributed by atoms with van der Waals surface area (Å²) in [5.74, 6) is 1.73. The number of nitrogens with zero attached hydrogens (tertiary/aromatic N) is 6. The Balaban J connectivity index is 0.00000102. The highest BCUT2D eigenvalue weighted by molar-refractivity contribution is 5.83. The number of carbonyl (C=O) groups excluding carboxylic acids is 1. The van der Waals surface area contributed by atoms with Gasteiger partial charge in [-0.15, -0.1) is 0 Å². The number of fused-ring (bicyclic) bond motifs is 2. The summed E-state index contributed by atoms with van der Waals surface area (Å²) in [5, 5.41) is 4.23. The van der Waals surface area contributed by atoms with Crippen molar-refractivity contribution in [3.63, 3.8) is 0 Å². The number of imidazole rings is 1. The van der Waals surface area contributed by atoms with Crippen LogP contribution in [0.4, 0.5) is 11.8 Å². The number of nitrogens with two attached hydrogens (primary N) is 1. The zero-order valence-corrected chi connectivity index (χ0v) is 21.1. The summed E-state index contributed by atoms with van der Waals surface area (Å²) in [4.78, 5) is 51.7. The number of aromatic nitrogens is 7. The summed E-state index contributed by atoms with van der Waals surface area (Å²) in [6.45, 7) is 4.23. The number of nitrogens with one attached hydrogen (secondary N) is 2. The van der Waals surface area contributed by atoms with Crippen LogP contribution in [0.25, 0.3) is 22.1 Å². The topological polar surface area (TPSA) is 159 Å². The Kier molecular flexibility index (Phi) is 7.18. The van der Waals surface area contributed by atoms with E-state index in [2.05, 4.69) is 37.9 Å². The molecular formula is C25H29N9O3. The number of benzene rings is 1. The normalized spacial score (nSPS) is 10.9. The van der Waals surface area contributed by atoms with Crippen LogP contribution < -0.4 is 22.3 Å². The van der Waals surface area contributed by atoms with Gasteiger partial charge in [-0.05, 0) is 37.1 Å². The van der Waals surface area contributed by atoms with Crippen molar-refractivity contribution in [3.8, 4) is 0 Å². The molecule has 4 heterocycles. The molecule has 0 radical (unpaired) electrons. The molecule has 12 heteroatoms. The lowest BCUT2D eigenvalue weighted by Crippen LogP contribution is -2.39. The van der Waals surface area contributed by atoms with Gasteiger partial charge in [-0.25, -0.2) is 14.8 Å². The molecule has 0 saturated carbocycles. The van der Waals surface area contributed by atoms with Crippen molar-refractivity contribution in [1.82, 2.24) is 33.6 Å². The van der Waals surface area contributed by atoms with Gasteiger partial charge in [0.2, 0.25) is 12.4 Å². The molecule has 0 bridgehead atoms. The number of hydrogen-bond donors (Lipinski definition) is 3. The molecule has 0 saturated heterocycles. The number of carbonyl (C=O) groups is 1. The largest absolute Gasteiger partial charge is 0.372 e. The van der Waals surface area contributed by atoms with Crippen LogP contribution in [0.5, 0.6) is 0 Å². The third-order valence-electron chi connectivity index (χ3n) is 6.05. The van der Waals surface area contributed by atoms with E-state index in [0.29, 0.717) is 22.9 Å². The molecule has 5 aromatic rings. The minimum absolute atomic E-state index is 0.135. The standard InChI is InChI=1S/C24H26N8O2.CH3NO/c1-5-7-18-25-11-10-19(27-18)28-23-29-21-20(30(23)3)22(33)32(24(34)31(21)4)13-15-12-16-14(2)8-6-9-17(16)26-15;2-1-3/h6,8-12,26H,5,7,13H2,1-4H3,(H,25,27,28,29);1H,(H2,2,3). The molecule has 0 aliphatic carbocycles. The third-order valence-corrected chi connectivity index (χ3v) is 6.05. The van der Waals surface area contributed by atoms with Crippen molar-refractivity contribution >= 4 is 40.2 Å². The van der Waals surface area contributed by atoms with Gasteiger partial charge in [-0.3, -0.25) is 18.7 Å². The number of amides is 1. The molecule has 0 atom stereocenters. The first-order valence-electron chi connectivity index (χ1n) is 11.8. The number of rotatable bonds is 6. The second-order valence-corrected chi connectivity index (χ2v) is 8.60. The van der Waals surface area contributed by atoms with Crippen molar-refractivity contribution in [2.45, 2.75) is 33.2 Å². The molecule has 0 spiro atoms. The van der Waals surface area contributed by atoms with E-state index < -0.39 is 11.2 Å². The van der Waals surface area contributed by atoms with Crippen molar-refractivity contribution in [1.29, 1.82) is 0 Å². The third kappa shape index (κ3) is 4.85. The Morgan fingerprint density at radius 2 is 1.89 bits per heavy atom. The summed E-state index contributed by atoms with van der Waals surface area (Å²) in [5.41, 5.74) is 6.87. The molecule has 5 rings (SSSR count). The van der Waals surface area contributed by atoms with E-state index >= 15 is 0 Å². The van der Waals surface area contributed by atoms with Crippen LogP contribution >= 0.6 is 0 Å². The molecule has 4 aromatic heterocycles. The van der Waals surface area contributed by atoms with Crippen LogP contribution in [0.15, 0.2) is 46.1 Å². The minimum atomic E-state index is -0.426. The Morgan fingerprint density at radius 1 is 1.14 bits per heavy atom. The predicted molar refractivity (Wildman–Crippen MR) is 142 cm³/mol. The molecule has 4 N–H and O–H groups in total. The van der Waals surface area contributed by atoms with Crippen LogP contribution in [0.1, 0.15) is 30.4 Å². The van der Waals surface area contributed by atoms with E-state index in [9.17, 15) is 9.59 Å². The summed E-state index contributed by atoms with van der Waals surface area (Å²) in [7, 11) is 3.37. The van der Waals surface area contributed by atoms with Crippen molar-refractivity contribution in [2.24, 2.45) is 19.8 Å². The second-order valence-electron chi connectivity index (χ2n) is 8.60. The zero-order valence-electron chi connectivity index (χ0n) is 21.1. The second kappa shape index (κ2) is 10.5. The number of H-pyrrole nitrogens is 1. The monoisotopic (exact) mass is 503 g/mol. The van der Waals surface area contributed by atoms with Gasteiger partial charge < -0.3 is 20.6 Å². The SMILES string of the molecule is CCCc1nccc(Nc2nc3c(c(=O)n(Cc4cc5c(C)cccc5[nH]4)c(=O)n3C)n2C)n1.NC=O. The fraction of sp³-hybridized carbons (Fsp3) is 0.280. The first kappa shape index (κ1) is 25.4. The highest BCUT2D eigenvalue weighted by Gasteiger charge is 2.19. The molecule has 37 heavy (non-hydrogen) atoms. The highest BCUT2D eigenvalue weighted by Crippen LogP contribution is 2.20. The van der Waals surface area contributed by atoms with Gasteiger partial charge in [0.25, 0.3) is 5.56 Å². The van der Waals surface area contributed by atoms with Crippen LogP contribution in [-0.2, 0) is 31.9 Å². The lowest BCUT2D eigenvalue weighted by molar-refractivity contribution is -0.106. The van der Waals surface area contributed by atoms with Crippen molar-refractivity contribution in [2.75, 3.05) is 5.32 Å². The number of anilines is 2. The minimum Gasteiger partial charge on any atom is -0.372 e. The maximum atomic E-state index is 13.4. The Morgan fingerprint density at radius 3 is 2.59 bits per heavy atom. The van der Waals surface area contributed by atoms with Gasteiger partial charge in [-0.2, -0.15) is 4.98 Å². The summed E-state index contributed by atoms with van der Waals surface area (Å²) >= 11 is 0. The van der Waals surface area contributed by atoms with Gasteiger partial charge in [0.05, 0.1) is 6.54 Å². The molecule has 12 nitrogen and oxygen atoms in total. The van der Waals surface area contributed by atoms with Gasteiger partial charge >= 0.3 is 5.69 Å². The van der Waals surface area contributed by atoms with Crippen LogP contribution in [0.3, 0.4) is 0 Å². The smallest absolute Gasteiger partial charge is 0.332 e. The van der Waals surface area contributed by atoms with Crippen LogP contribution in [-0.4, -0.2) is 40.0 Å². The number of hydrogen-bond acceptors (Lipinski definition) is 7. The fourth-order valence-electron chi connectivity index (χ4n) is 4.24. The van der Waals surface area contributed by atoms with E-state index in [0.717, 1.165) is 40.8 Å². The molecule has 192 valence electrons. The Labute approximate surface area is 211 Å². The summed E-state index contributed by atoms with van der Waals surface area (Å²) in [6, 6.07) is 9.72. The summed E-state index contributed by atoms with van der Waals surface area (Å²) < 4.78 is 4.29. The lowest BCUT2D eigenvalue weighted by atomic mass is 10.1. The van der Waals surface area contributed by atoms with E-state index in [1.54, 1.807) is 30.9 Å². The Bertz CT molecular complexity index is 1710. The molecule has 0 fully saturated rings. The van der Waals surface area contributed by atoms with E-state index in [1.165, 1.54) is 9.13 Å². The van der Waals surface area contributed by atoms with Crippen LogP contribution in [0.2, 0.25) is 0 Å². The number of aromatic amines is 1. The predicted octanol–water partition coefficient (Wildman–Crippen LogP) is 1.86. The van der Waals surface area contributed by atoms with Gasteiger partial charge in [0, 0.05) is 43.3 Å². The van der Waals surface area contributed by atoms with Gasteiger partial charge in [0.1, 0.15) is 11.6 Å². The van der Waals surface area contributed by atoms with E-state index in [-0.39, 0.29) is 13.0 Å². The molecule has 0 aliphatic rings. The average Bonchev–Trinajstić information content (AvgIpc) is 3.43. The van der Waals surface area contributed by atoms with Gasteiger partial charge in [0.15, 0.2) is 11.2 Å². The van der Waals surface area contributed by atoms with E-state index in [1.807, 2.05) is 31.2 Å². The molecule has 0 aliphatic heterocycles. The zero-order chi connectivity index (χ0) is 26.7. The quantitative estimate of drug-likeness (QED) is 0.298. The Hall–Kier alpha value is -4.74. The molecule has 0 unspecified atom stereocenters. The molecular weight excluding hydrogens is 474 g/mol. The van der Waals surface area contributed by atoms with E-state index in [4.69, 9.17) is 4.79 Å². The van der Waals surface area contributed by atoms with Crippen molar-refractivity contribution in [3.05, 3.63) is 74.4 Å². The highest BCUT2D eigenvalue weighted by atomic mass is 16.2. The molecule has 1 aromatic carbocycles. The van der Waals surface area contributed by atoms with Crippen molar-refractivity contribution < 1.29 is 4.79 Å². The molecule has 1 amide bonds. The van der Waals surface area contributed by atoms with Gasteiger partial charge in [-0.1, -0.05) is 19.1 Å². The maximum absolute atomic E-state index is 13.4. The average molecular weight is 504 g/mol. The lowest BCUT2D eigenvalue weighted by Gasteiger charge is -2.08. The maximum Gasteiger partial charge on any atom is 0.332 e. The summed E-state index contributed by atoms with van der Waals surface area (Å²) in [6.07, 6.45) is 3.64. The fourth-order valence-corrected chi connectivity index (χ4v) is 4.24. The first-order chi connectivity index (χ1) is 17.8. The first-order valence-corrected chi connectivity index (χ1v) is 11.8. The number of primary amides is 1. The van der Waals surface area contributed by atoms with Crippen LogP contribution in [0, 0.1) is 6.92 Å². The number of aryl methyl sites for hydroxylation is 4.